The Kier molecular flexibility index (Phi) is 10.4. The molecule has 0 saturated carbocycles. The van der Waals surface area contributed by atoms with Crippen molar-refractivity contribution < 1.29 is 0 Å². The number of rotatable bonds is 9. The first-order chi connectivity index (χ1) is 38.5. The number of benzene rings is 12. The van der Waals surface area contributed by atoms with Crippen LogP contribution in [0.2, 0.25) is 0 Å². The van der Waals surface area contributed by atoms with Gasteiger partial charge in [-0.2, -0.15) is 0 Å². The van der Waals surface area contributed by atoms with Gasteiger partial charge >= 0.3 is 0 Å². The first-order valence-corrected chi connectivity index (χ1v) is 27.4. The average Bonchev–Trinajstić information content (AvgIpc) is 4.30. The largest absolute Gasteiger partial charge is 0.310 e. The standard InChI is InChI=1S/C77H55N/c1-75(56-22-7-3-8-23-56)68-34-19-17-32-66(68)74-70(75)36-21-37-73(74)78(60-44-38-52(39-45-60)54-42-48-64-62-30-15-18-33-67(62)76(2,71(64)50-54)57-24-9-4-10-25-57)61-46-40-53(41-47-61)55-43-49-65-63-31-16-20-35-69(63)77(72(65)51-55,58-26-11-5-12-27-58)59-28-13-6-14-29-59/h3-51H,1-2H3. The third-order valence-electron chi connectivity index (χ3n) is 17.9. The average molecular weight is 994 g/mol. The molecule has 0 N–H and O–H groups in total. The van der Waals surface area contributed by atoms with Crippen molar-refractivity contribution in [2.75, 3.05) is 4.90 Å². The van der Waals surface area contributed by atoms with Crippen LogP contribution in [0.15, 0.2) is 297 Å². The van der Waals surface area contributed by atoms with Crippen LogP contribution in [0.3, 0.4) is 0 Å². The molecule has 0 amide bonds. The van der Waals surface area contributed by atoms with Gasteiger partial charge in [0.25, 0.3) is 0 Å². The maximum Gasteiger partial charge on any atom is 0.0713 e. The molecule has 2 unspecified atom stereocenters. The van der Waals surface area contributed by atoms with E-state index in [1.54, 1.807) is 0 Å². The van der Waals surface area contributed by atoms with Gasteiger partial charge in [-0.25, -0.2) is 0 Å². The second-order valence-corrected chi connectivity index (χ2v) is 21.8. The van der Waals surface area contributed by atoms with Crippen LogP contribution >= 0.6 is 0 Å². The molecule has 1 heteroatoms. The topological polar surface area (TPSA) is 3.24 Å². The van der Waals surface area contributed by atoms with Gasteiger partial charge in [0.1, 0.15) is 0 Å². The van der Waals surface area contributed by atoms with Crippen molar-refractivity contribution in [2.24, 2.45) is 0 Å². The summed E-state index contributed by atoms with van der Waals surface area (Å²) in [6.07, 6.45) is 0. The number of hydrogen-bond donors (Lipinski definition) is 0. The lowest BCUT2D eigenvalue weighted by Crippen LogP contribution is -2.28. The molecular weight excluding hydrogens is 939 g/mol. The monoisotopic (exact) mass is 993 g/mol. The van der Waals surface area contributed by atoms with Crippen LogP contribution in [-0.2, 0) is 16.2 Å². The van der Waals surface area contributed by atoms with E-state index < -0.39 is 5.41 Å². The maximum atomic E-state index is 2.49. The predicted octanol–water partition coefficient (Wildman–Crippen LogP) is 19.5. The third-order valence-corrected chi connectivity index (χ3v) is 17.9. The minimum absolute atomic E-state index is 0.276. The summed E-state index contributed by atoms with van der Waals surface area (Å²) >= 11 is 0. The van der Waals surface area contributed by atoms with E-state index in [1.807, 2.05) is 0 Å². The Balaban J connectivity index is 0.873. The molecular formula is C77H55N. The highest BCUT2D eigenvalue weighted by molar-refractivity contribution is 5.97. The van der Waals surface area contributed by atoms with Gasteiger partial charge in [0.05, 0.1) is 11.1 Å². The van der Waals surface area contributed by atoms with E-state index in [-0.39, 0.29) is 10.8 Å². The van der Waals surface area contributed by atoms with Gasteiger partial charge in [0.2, 0.25) is 0 Å². The molecule has 2 atom stereocenters. The molecule has 12 aromatic rings. The number of fused-ring (bicyclic) bond motifs is 9. The molecule has 0 aromatic heterocycles. The lowest BCUT2D eigenvalue weighted by Gasteiger charge is -2.34. The molecule has 0 saturated heterocycles. The van der Waals surface area contributed by atoms with Gasteiger partial charge < -0.3 is 4.90 Å². The van der Waals surface area contributed by atoms with Gasteiger partial charge in [-0.1, -0.05) is 255 Å². The maximum absolute atomic E-state index is 2.49. The van der Waals surface area contributed by atoms with Crippen LogP contribution in [0.4, 0.5) is 17.1 Å². The van der Waals surface area contributed by atoms with Gasteiger partial charge in [-0.15, -0.1) is 0 Å². The number of hydrogen-bond acceptors (Lipinski definition) is 1. The summed E-state index contributed by atoms with van der Waals surface area (Å²) in [6, 6.07) is 111. The van der Waals surface area contributed by atoms with E-state index in [2.05, 4.69) is 316 Å². The van der Waals surface area contributed by atoms with E-state index in [9.17, 15) is 0 Å². The summed E-state index contributed by atoms with van der Waals surface area (Å²) in [4.78, 5) is 2.49. The van der Waals surface area contributed by atoms with Crippen LogP contribution in [-0.4, -0.2) is 0 Å². The van der Waals surface area contributed by atoms with Crippen molar-refractivity contribution in [2.45, 2.75) is 30.1 Å². The van der Waals surface area contributed by atoms with Crippen molar-refractivity contribution in [1.29, 1.82) is 0 Å². The second kappa shape index (κ2) is 17.8. The van der Waals surface area contributed by atoms with E-state index in [1.165, 1.54) is 111 Å². The Labute approximate surface area is 458 Å². The smallest absolute Gasteiger partial charge is 0.0713 e. The first-order valence-electron chi connectivity index (χ1n) is 27.4. The van der Waals surface area contributed by atoms with Crippen LogP contribution < -0.4 is 4.90 Å². The van der Waals surface area contributed by atoms with Crippen molar-refractivity contribution in [3.63, 3.8) is 0 Å². The quantitative estimate of drug-likeness (QED) is 0.139. The minimum Gasteiger partial charge on any atom is -0.310 e. The Morgan fingerprint density at radius 2 is 0.603 bits per heavy atom. The van der Waals surface area contributed by atoms with Crippen LogP contribution in [0.25, 0.3) is 55.6 Å². The lowest BCUT2D eigenvalue weighted by atomic mass is 9.67. The highest BCUT2D eigenvalue weighted by Gasteiger charge is 2.47. The highest BCUT2D eigenvalue weighted by Crippen LogP contribution is 2.59. The number of anilines is 3. The van der Waals surface area contributed by atoms with Crippen LogP contribution in [0, 0.1) is 0 Å². The highest BCUT2D eigenvalue weighted by atomic mass is 15.1. The van der Waals surface area contributed by atoms with Crippen molar-refractivity contribution in [3.05, 3.63) is 353 Å². The Morgan fingerprint density at radius 1 is 0.244 bits per heavy atom. The summed E-state index contributed by atoms with van der Waals surface area (Å²) in [7, 11) is 0. The van der Waals surface area contributed by atoms with Crippen LogP contribution in [0.1, 0.15) is 69.5 Å². The molecule has 12 aromatic carbocycles. The fourth-order valence-corrected chi connectivity index (χ4v) is 14.2. The molecule has 15 rings (SSSR count). The molecule has 0 heterocycles. The zero-order valence-corrected chi connectivity index (χ0v) is 43.7. The normalized spacial score (nSPS) is 16.8. The van der Waals surface area contributed by atoms with Gasteiger partial charge in [-0.05, 0) is 162 Å². The predicted molar refractivity (Wildman–Crippen MR) is 324 cm³/mol. The molecule has 0 spiro atoms. The molecule has 3 aliphatic rings. The summed E-state index contributed by atoms with van der Waals surface area (Å²) in [5.41, 5.74) is 27.8. The van der Waals surface area contributed by atoms with Gasteiger partial charge in [0, 0.05) is 27.8 Å². The molecule has 368 valence electrons. The zero-order valence-electron chi connectivity index (χ0n) is 43.7. The Bertz CT molecular complexity index is 4220. The van der Waals surface area contributed by atoms with Crippen molar-refractivity contribution in [3.8, 4) is 55.6 Å². The fourth-order valence-electron chi connectivity index (χ4n) is 14.2. The SMILES string of the molecule is CC1(c2ccccc2)c2ccccc2-c2ccc(-c3ccc(N(c4ccc(-c5ccc6c(c5)C(c5ccccc5)(c5ccccc5)c5ccccc5-6)cc4)c4cccc5c4-c4ccccc4C5(C)c4ccccc4)cc3)cc21. The van der Waals surface area contributed by atoms with Crippen molar-refractivity contribution >= 4 is 17.1 Å². The molecule has 0 radical (unpaired) electrons. The Morgan fingerprint density at radius 3 is 1.13 bits per heavy atom. The number of nitrogens with zero attached hydrogens (tertiary/aromatic N) is 1. The van der Waals surface area contributed by atoms with Crippen molar-refractivity contribution in [1.82, 2.24) is 0 Å². The summed E-state index contributed by atoms with van der Waals surface area (Å²) < 4.78 is 0. The van der Waals surface area contributed by atoms with Crippen LogP contribution in [0.5, 0.6) is 0 Å². The fraction of sp³-hybridized carbons (Fsp3) is 0.0649. The molecule has 0 aliphatic heterocycles. The zero-order chi connectivity index (χ0) is 52.0. The van der Waals surface area contributed by atoms with E-state index in [0.717, 1.165) is 17.1 Å². The summed E-state index contributed by atoms with van der Waals surface area (Å²) in [5, 5.41) is 0. The molecule has 78 heavy (non-hydrogen) atoms. The second-order valence-electron chi connectivity index (χ2n) is 21.8. The molecule has 3 aliphatic carbocycles. The van der Waals surface area contributed by atoms with Gasteiger partial charge in [0.15, 0.2) is 0 Å². The van der Waals surface area contributed by atoms with E-state index in [0.29, 0.717) is 0 Å². The van der Waals surface area contributed by atoms with Gasteiger partial charge in [-0.3, -0.25) is 0 Å². The van der Waals surface area contributed by atoms with E-state index in [4.69, 9.17) is 0 Å². The first kappa shape index (κ1) is 45.8. The summed E-state index contributed by atoms with van der Waals surface area (Å²) in [6.45, 7) is 4.80. The molecule has 0 bridgehead atoms. The Hall–Kier alpha value is -9.56. The molecule has 0 fully saturated rings. The minimum atomic E-state index is -0.474. The summed E-state index contributed by atoms with van der Waals surface area (Å²) in [5.74, 6) is 0. The lowest BCUT2D eigenvalue weighted by molar-refractivity contribution is 0.714. The van der Waals surface area contributed by atoms with E-state index >= 15 is 0 Å². The third kappa shape index (κ3) is 6.61. The molecule has 1 nitrogen and oxygen atoms in total.